The lowest BCUT2D eigenvalue weighted by molar-refractivity contribution is 0.519. The minimum Gasteiger partial charge on any atom is -0.322 e. The van der Waals surface area contributed by atoms with Crippen molar-refractivity contribution in [3.05, 3.63) is 29.8 Å². The molecule has 1 heterocycles. The third-order valence-corrected chi connectivity index (χ3v) is 5.44. The summed E-state index contributed by atoms with van der Waals surface area (Å²) in [6, 6.07) is 5.25. The van der Waals surface area contributed by atoms with Crippen LogP contribution in [-0.2, 0) is 0 Å². The zero-order chi connectivity index (χ0) is 14.3. The van der Waals surface area contributed by atoms with E-state index in [1.54, 1.807) is 0 Å². The molecular formula is C15H18ClFN2S. The smallest absolute Gasteiger partial charge is 0.128 e. The SMILES string of the molecule is CSC1CCCC1n1c(C(C)Cl)nc2cc(F)ccc21. The molecular weight excluding hydrogens is 295 g/mol. The van der Waals surface area contributed by atoms with Gasteiger partial charge in [0.25, 0.3) is 0 Å². The third-order valence-electron chi connectivity index (χ3n) is 4.09. The van der Waals surface area contributed by atoms with E-state index in [-0.39, 0.29) is 11.2 Å². The molecule has 1 aromatic heterocycles. The molecule has 3 atom stereocenters. The van der Waals surface area contributed by atoms with Crippen LogP contribution in [0, 0.1) is 5.82 Å². The van der Waals surface area contributed by atoms with E-state index in [9.17, 15) is 4.39 Å². The predicted octanol–water partition coefficient (Wildman–Crippen LogP) is 4.93. The summed E-state index contributed by atoms with van der Waals surface area (Å²) in [4.78, 5) is 4.57. The second-order valence-electron chi connectivity index (χ2n) is 5.36. The Bertz CT molecular complexity index is 626. The highest BCUT2D eigenvalue weighted by atomic mass is 35.5. The van der Waals surface area contributed by atoms with E-state index in [1.165, 1.54) is 25.0 Å². The summed E-state index contributed by atoms with van der Waals surface area (Å²) < 4.78 is 15.7. The van der Waals surface area contributed by atoms with Gasteiger partial charge < -0.3 is 4.57 Å². The van der Waals surface area contributed by atoms with E-state index in [2.05, 4.69) is 15.8 Å². The van der Waals surface area contributed by atoms with Gasteiger partial charge in [0, 0.05) is 17.4 Å². The van der Waals surface area contributed by atoms with Crippen molar-refractivity contribution >= 4 is 34.4 Å². The Labute approximate surface area is 127 Å². The summed E-state index contributed by atoms with van der Waals surface area (Å²) in [5.74, 6) is 0.613. The van der Waals surface area contributed by atoms with Crippen LogP contribution in [-0.4, -0.2) is 21.1 Å². The first-order chi connectivity index (χ1) is 9.61. The number of fused-ring (bicyclic) bond motifs is 1. The van der Waals surface area contributed by atoms with Crippen LogP contribution >= 0.6 is 23.4 Å². The molecule has 108 valence electrons. The number of rotatable bonds is 3. The van der Waals surface area contributed by atoms with E-state index < -0.39 is 0 Å². The van der Waals surface area contributed by atoms with Crippen LogP contribution in [0.2, 0.25) is 0 Å². The maximum absolute atomic E-state index is 13.4. The van der Waals surface area contributed by atoms with Gasteiger partial charge in [-0.2, -0.15) is 11.8 Å². The lowest BCUT2D eigenvalue weighted by atomic mass is 10.2. The lowest BCUT2D eigenvalue weighted by Crippen LogP contribution is -2.18. The first-order valence-electron chi connectivity index (χ1n) is 6.96. The molecule has 2 aromatic rings. The van der Waals surface area contributed by atoms with Crippen molar-refractivity contribution in [2.45, 2.75) is 42.9 Å². The van der Waals surface area contributed by atoms with Gasteiger partial charge >= 0.3 is 0 Å². The Morgan fingerprint density at radius 2 is 2.25 bits per heavy atom. The number of alkyl halides is 1. The number of halogens is 2. The van der Waals surface area contributed by atoms with Crippen molar-refractivity contribution in [1.29, 1.82) is 0 Å². The lowest BCUT2D eigenvalue weighted by Gasteiger charge is -2.23. The predicted molar refractivity (Wildman–Crippen MR) is 84.2 cm³/mol. The summed E-state index contributed by atoms with van der Waals surface area (Å²) in [6.45, 7) is 1.93. The van der Waals surface area contributed by atoms with E-state index in [0.29, 0.717) is 16.8 Å². The Kier molecular flexibility index (Phi) is 3.95. The van der Waals surface area contributed by atoms with E-state index in [4.69, 9.17) is 11.6 Å². The van der Waals surface area contributed by atoms with Gasteiger partial charge in [-0.3, -0.25) is 0 Å². The molecule has 1 aromatic carbocycles. The minimum absolute atomic E-state index is 0.173. The van der Waals surface area contributed by atoms with Gasteiger partial charge in [-0.25, -0.2) is 9.37 Å². The maximum atomic E-state index is 13.4. The molecule has 0 saturated heterocycles. The fraction of sp³-hybridized carbons (Fsp3) is 0.533. The van der Waals surface area contributed by atoms with E-state index in [0.717, 1.165) is 17.8 Å². The molecule has 3 rings (SSSR count). The number of benzene rings is 1. The molecule has 0 N–H and O–H groups in total. The average Bonchev–Trinajstić information content (AvgIpc) is 3.00. The molecule has 0 radical (unpaired) electrons. The fourth-order valence-electron chi connectivity index (χ4n) is 3.20. The average molecular weight is 313 g/mol. The number of thioether (sulfide) groups is 1. The standard InChI is InChI=1S/C15H18ClFN2S/c1-9(16)15-18-11-8-10(17)6-7-12(11)19(15)13-4-3-5-14(13)20-2/h6-9,13-14H,3-5H2,1-2H3. The fourth-order valence-corrected chi connectivity index (χ4v) is 4.32. The van der Waals surface area contributed by atoms with Crippen molar-refractivity contribution in [2.75, 3.05) is 6.26 Å². The first-order valence-corrected chi connectivity index (χ1v) is 8.68. The molecule has 0 bridgehead atoms. The number of hydrogen-bond donors (Lipinski definition) is 0. The number of imidazole rings is 1. The van der Waals surface area contributed by atoms with Crippen molar-refractivity contribution < 1.29 is 4.39 Å². The quantitative estimate of drug-likeness (QED) is 0.748. The second kappa shape index (κ2) is 5.57. The van der Waals surface area contributed by atoms with Gasteiger partial charge in [0.2, 0.25) is 0 Å². The Balaban J connectivity index is 2.18. The molecule has 1 saturated carbocycles. The molecule has 0 spiro atoms. The number of aromatic nitrogens is 2. The van der Waals surface area contributed by atoms with Crippen molar-refractivity contribution in [3.8, 4) is 0 Å². The molecule has 0 amide bonds. The van der Waals surface area contributed by atoms with Crippen molar-refractivity contribution in [2.24, 2.45) is 0 Å². The zero-order valence-electron chi connectivity index (χ0n) is 11.6. The van der Waals surface area contributed by atoms with Gasteiger partial charge in [-0.1, -0.05) is 6.42 Å². The molecule has 1 aliphatic rings. The summed E-state index contributed by atoms with van der Waals surface area (Å²) >= 11 is 8.21. The summed E-state index contributed by atoms with van der Waals surface area (Å²) in [6.07, 6.45) is 5.76. The second-order valence-corrected chi connectivity index (χ2v) is 7.09. The molecule has 1 aliphatic carbocycles. The van der Waals surface area contributed by atoms with Gasteiger partial charge in [0.05, 0.1) is 16.4 Å². The Hall–Kier alpha value is -0.740. The molecule has 0 aliphatic heterocycles. The largest absolute Gasteiger partial charge is 0.322 e. The molecule has 2 nitrogen and oxygen atoms in total. The summed E-state index contributed by atoms with van der Waals surface area (Å²) in [5.41, 5.74) is 1.71. The number of hydrogen-bond acceptors (Lipinski definition) is 2. The third kappa shape index (κ3) is 2.33. The van der Waals surface area contributed by atoms with E-state index in [1.807, 2.05) is 24.8 Å². The topological polar surface area (TPSA) is 17.8 Å². The van der Waals surface area contributed by atoms with Crippen LogP contribution in [0.25, 0.3) is 11.0 Å². The van der Waals surface area contributed by atoms with Crippen molar-refractivity contribution in [1.82, 2.24) is 9.55 Å². The van der Waals surface area contributed by atoms with Gasteiger partial charge in [-0.15, -0.1) is 11.6 Å². The van der Waals surface area contributed by atoms with Crippen LogP contribution in [0.15, 0.2) is 18.2 Å². The van der Waals surface area contributed by atoms with Crippen LogP contribution < -0.4 is 0 Å². The number of nitrogens with zero attached hydrogens (tertiary/aromatic N) is 2. The molecule has 1 fully saturated rings. The van der Waals surface area contributed by atoms with Crippen LogP contribution in [0.4, 0.5) is 4.39 Å². The maximum Gasteiger partial charge on any atom is 0.128 e. The van der Waals surface area contributed by atoms with Crippen LogP contribution in [0.1, 0.15) is 43.4 Å². The minimum atomic E-state index is -0.247. The zero-order valence-corrected chi connectivity index (χ0v) is 13.2. The van der Waals surface area contributed by atoms with Gasteiger partial charge in [-0.05, 0) is 38.2 Å². The summed E-state index contributed by atoms with van der Waals surface area (Å²) in [7, 11) is 0. The highest BCUT2D eigenvalue weighted by Crippen LogP contribution is 2.41. The van der Waals surface area contributed by atoms with Gasteiger partial charge in [0.1, 0.15) is 11.6 Å². The highest BCUT2D eigenvalue weighted by Gasteiger charge is 2.31. The Morgan fingerprint density at radius 3 is 2.95 bits per heavy atom. The van der Waals surface area contributed by atoms with Crippen LogP contribution in [0.3, 0.4) is 0 Å². The van der Waals surface area contributed by atoms with Gasteiger partial charge in [0.15, 0.2) is 0 Å². The monoisotopic (exact) mass is 312 g/mol. The Morgan fingerprint density at radius 1 is 1.45 bits per heavy atom. The molecule has 5 heteroatoms. The highest BCUT2D eigenvalue weighted by molar-refractivity contribution is 7.99. The normalized spacial score (nSPS) is 24.4. The molecule has 20 heavy (non-hydrogen) atoms. The van der Waals surface area contributed by atoms with Crippen LogP contribution in [0.5, 0.6) is 0 Å². The molecule has 3 unspecified atom stereocenters. The first kappa shape index (κ1) is 14.2. The summed E-state index contributed by atoms with van der Waals surface area (Å²) in [5, 5.41) is 0.417. The van der Waals surface area contributed by atoms with E-state index >= 15 is 0 Å². The van der Waals surface area contributed by atoms with Crippen molar-refractivity contribution in [3.63, 3.8) is 0 Å².